The van der Waals surface area contributed by atoms with Crippen LogP contribution in [0.2, 0.25) is 0 Å². The number of aryl methyl sites for hydroxylation is 1. The molecule has 5 rings (SSSR count). The highest BCUT2D eigenvalue weighted by molar-refractivity contribution is 6.04. The van der Waals surface area contributed by atoms with Crippen molar-refractivity contribution in [2.24, 2.45) is 0 Å². The van der Waals surface area contributed by atoms with Crippen LogP contribution in [0.15, 0.2) is 42.5 Å². The van der Waals surface area contributed by atoms with Crippen molar-refractivity contribution in [3.8, 4) is 5.69 Å². The zero-order valence-electron chi connectivity index (χ0n) is 19.3. The lowest BCUT2D eigenvalue weighted by Crippen LogP contribution is -2.46. The SMILES string of the molecule is CCN1CCN(c2ccc(NC(=O)c3nn(-c4ccccc4F)c4c3CCC4)c(C)c2)CC1. The van der Waals surface area contributed by atoms with E-state index in [4.69, 9.17) is 0 Å². The second-order valence-electron chi connectivity index (χ2n) is 8.87. The van der Waals surface area contributed by atoms with Gasteiger partial charge in [-0.25, -0.2) is 9.07 Å². The Bertz CT molecular complexity index is 1180. The van der Waals surface area contributed by atoms with Crippen molar-refractivity contribution < 1.29 is 9.18 Å². The summed E-state index contributed by atoms with van der Waals surface area (Å²) in [6.07, 6.45) is 2.53. The summed E-state index contributed by atoms with van der Waals surface area (Å²) in [5.41, 5.74) is 5.63. The monoisotopic (exact) mass is 447 g/mol. The van der Waals surface area contributed by atoms with Crippen LogP contribution in [-0.4, -0.2) is 53.3 Å². The van der Waals surface area contributed by atoms with Gasteiger partial charge in [0.1, 0.15) is 11.5 Å². The molecule has 1 fully saturated rings. The summed E-state index contributed by atoms with van der Waals surface area (Å²) in [6, 6.07) is 12.8. The first kappa shape index (κ1) is 21.6. The van der Waals surface area contributed by atoms with Gasteiger partial charge in [0, 0.05) is 48.8 Å². The first-order chi connectivity index (χ1) is 16.0. The van der Waals surface area contributed by atoms with Gasteiger partial charge in [-0.15, -0.1) is 0 Å². The van der Waals surface area contributed by atoms with Crippen molar-refractivity contribution >= 4 is 17.3 Å². The average Bonchev–Trinajstić information content (AvgIpc) is 3.44. The molecule has 0 atom stereocenters. The van der Waals surface area contributed by atoms with E-state index < -0.39 is 0 Å². The van der Waals surface area contributed by atoms with Gasteiger partial charge in [-0.3, -0.25) is 4.79 Å². The van der Waals surface area contributed by atoms with Crippen LogP contribution in [0.4, 0.5) is 15.8 Å². The number of amides is 1. The van der Waals surface area contributed by atoms with Gasteiger partial charge >= 0.3 is 0 Å². The number of nitrogens with one attached hydrogen (secondary N) is 1. The molecule has 6 nitrogen and oxygen atoms in total. The molecule has 1 amide bonds. The van der Waals surface area contributed by atoms with Gasteiger partial charge in [0.25, 0.3) is 5.91 Å². The third kappa shape index (κ3) is 4.13. The van der Waals surface area contributed by atoms with E-state index in [2.05, 4.69) is 39.3 Å². The molecule has 3 aromatic rings. The van der Waals surface area contributed by atoms with Gasteiger partial charge in [0.05, 0.1) is 0 Å². The first-order valence-electron chi connectivity index (χ1n) is 11.8. The predicted molar refractivity (Wildman–Crippen MR) is 129 cm³/mol. The van der Waals surface area contributed by atoms with E-state index in [0.29, 0.717) is 11.4 Å². The van der Waals surface area contributed by atoms with E-state index in [0.717, 1.165) is 74.5 Å². The summed E-state index contributed by atoms with van der Waals surface area (Å²) in [6.45, 7) is 9.48. The number of hydrogen-bond donors (Lipinski definition) is 1. The third-order valence-corrected chi connectivity index (χ3v) is 6.87. The number of para-hydroxylation sites is 1. The minimum atomic E-state index is -0.340. The van der Waals surface area contributed by atoms with E-state index in [-0.39, 0.29) is 11.7 Å². The maximum Gasteiger partial charge on any atom is 0.276 e. The fourth-order valence-corrected chi connectivity index (χ4v) is 4.93. The predicted octanol–water partition coefficient (Wildman–Crippen LogP) is 4.20. The smallest absolute Gasteiger partial charge is 0.276 e. The molecule has 33 heavy (non-hydrogen) atoms. The standard InChI is InChI=1S/C26H30FN5O/c1-3-30-13-15-31(16-14-30)19-11-12-22(18(2)17-19)28-26(33)25-20-7-6-10-23(20)32(29-25)24-9-5-4-8-21(24)27/h4-5,8-9,11-12,17H,3,6-7,10,13-16H2,1-2H3,(H,28,33). The number of halogens is 1. The molecule has 1 saturated heterocycles. The van der Waals surface area contributed by atoms with Crippen LogP contribution in [-0.2, 0) is 12.8 Å². The maximum atomic E-state index is 14.4. The fourth-order valence-electron chi connectivity index (χ4n) is 4.93. The number of aromatic nitrogens is 2. The Morgan fingerprint density at radius 2 is 1.88 bits per heavy atom. The van der Waals surface area contributed by atoms with Crippen LogP contribution < -0.4 is 10.2 Å². The van der Waals surface area contributed by atoms with Crippen molar-refractivity contribution in [3.05, 3.63) is 70.8 Å². The third-order valence-electron chi connectivity index (χ3n) is 6.87. The summed E-state index contributed by atoms with van der Waals surface area (Å²) < 4.78 is 16.0. The summed E-state index contributed by atoms with van der Waals surface area (Å²) in [7, 11) is 0. The van der Waals surface area contributed by atoms with Crippen molar-refractivity contribution in [2.75, 3.05) is 42.9 Å². The number of anilines is 2. The average molecular weight is 448 g/mol. The van der Waals surface area contributed by atoms with Crippen molar-refractivity contribution in [3.63, 3.8) is 0 Å². The van der Waals surface area contributed by atoms with Crippen molar-refractivity contribution in [1.29, 1.82) is 0 Å². The van der Waals surface area contributed by atoms with Crippen LogP contribution in [0, 0.1) is 12.7 Å². The lowest BCUT2D eigenvalue weighted by molar-refractivity contribution is 0.102. The second-order valence-corrected chi connectivity index (χ2v) is 8.87. The fraction of sp³-hybridized carbons (Fsp3) is 0.385. The number of piperazine rings is 1. The van der Waals surface area contributed by atoms with Gasteiger partial charge in [0.2, 0.25) is 0 Å². The highest BCUT2D eigenvalue weighted by Gasteiger charge is 2.28. The van der Waals surface area contributed by atoms with E-state index in [1.165, 1.54) is 11.8 Å². The van der Waals surface area contributed by atoms with Crippen molar-refractivity contribution in [2.45, 2.75) is 33.1 Å². The largest absolute Gasteiger partial charge is 0.369 e. The zero-order chi connectivity index (χ0) is 22.9. The molecule has 172 valence electrons. The van der Waals surface area contributed by atoms with Gasteiger partial charge in [0.15, 0.2) is 5.69 Å². The summed E-state index contributed by atoms with van der Waals surface area (Å²) in [5.74, 6) is -0.580. The van der Waals surface area contributed by atoms with Crippen LogP contribution in [0.5, 0.6) is 0 Å². The molecule has 2 aliphatic rings. The molecule has 2 aromatic carbocycles. The molecule has 1 N–H and O–H groups in total. The number of likely N-dealkylation sites (N-methyl/N-ethyl adjacent to an activating group) is 1. The molecule has 0 unspecified atom stereocenters. The molecule has 0 bridgehead atoms. The van der Waals surface area contributed by atoms with E-state index in [1.54, 1.807) is 22.9 Å². The molecular formula is C26H30FN5O. The zero-order valence-corrected chi connectivity index (χ0v) is 19.3. The highest BCUT2D eigenvalue weighted by atomic mass is 19.1. The molecule has 1 aromatic heterocycles. The molecule has 2 heterocycles. The van der Waals surface area contributed by atoms with E-state index in [9.17, 15) is 9.18 Å². The normalized spacial score (nSPS) is 16.2. The summed E-state index contributed by atoms with van der Waals surface area (Å²) in [5, 5.41) is 7.59. The maximum absolute atomic E-state index is 14.4. The molecule has 1 aliphatic heterocycles. The van der Waals surface area contributed by atoms with Crippen molar-refractivity contribution in [1.82, 2.24) is 14.7 Å². The minimum absolute atomic E-state index is 0.240. The van der Waals surface area contributed by atoms with E-state index >= 15 is 0 Å². The minimum Gasteiger partial charge on any atom is -0.369 e. The van der Waals surface area contributed by atoms with Gasteiger partial charge in [-0.05, 0) is 68.6 Å². The number of nitrogens with zero attached hydrogens (tertiary/aromatic N) is 4. The Labute approximate surface area is 194 Å². The summed E-state index contributed by atoms with van der Waals surface area (Å²) >= 11 is 0. The van der Waals surface area contributed by atoms with Gasteiger partial charge in [-0.1, -0.05) is 19.1 Å². The molecule has 1 aliphatic carbocycles. The first-order valence-corrected chi connectivity index (χ1v) is 11.8. The Morgan fingerprint density at radius 3 is 2.61 bits per heavy atom. The van der Waals surface area contributed by atoms with Crippen LogP contribution in [0.3, 0.4) is 0 Å². The highest BCUT2D eigenvalue weighted by Crippen LogP contribution is 2.30. The van der Waals surface area contributed by atoms with Crippen LogP contribution in [0.25, 0.3) is 5.69 Å². The Morgan fingerprint density at radius 1 is 1.09 bits per heavy atom. The number of benzene rings is 2. The molecule has 7 heteroatoms. The Balaban J connectivity index is 1.36. The Hall–Kier alpha value is -3.19. The number of fused-ring (bicyclic) bond motifs is 1. The lowest BCUT2D eigenvalue weighted by atomic mass is 10.1. The quantitative estimate of drug-likeness (QED) is 0.637. The van der Waals surface area contributed by atoms with Crippen LogP contribution >= 0.6 is 0 Å². The van der Waals surface area contributed by atoms with Gasteiger partial charge in [-0.2, -0.15) is 5.10 Å². The molecule has 0 saturated carbocycles. The Kier molecular flexibility index (Phi) is 5.89. The van der Waals surface area contributed by atoms with Crippen LogP contribution in [0.1, 0.15) is 40.7 Å². The summed E-state index contributed by atoms with van der Waals surface area (Å²) in [4.78, 5) is 18.1. The number of hydrogen-bond acceptors (Lipinski definition) is 4. The molecular weight excluding hydrogens is 417 g/mol. The second kappa shape index (κ2) is 8.98. The van der Waals surface area contributed by atoms with E-state index in [1.807, 2.05) is 13.0 Å². The molecule has 0 spiro atoms. The molecule has 0 radical (unpaired) electrons. The number of rotatable bonds is 5. The number of carbonyl (C=O) groups excluding carboxylic acids is 1. The van der Waals surface area contributed by atoms with Gasteiger partial charge < -0.3 is 15.1 Å². The lowest BCUT2D eigenvalue weighted by Gasteiger charge is -2.35. The number of carbonyl (C=O) groups is 1. The topological polar surface area (TPSA) is 53.4 Å².